The van der Waals surface area contributed by atoms with E-state index in [1.807, 2.05) is 66.6 Å². The van der Waals surface area contributed by atoms with Crippen molar-refractivity contribution in [1.82, 2.24) is 0 Å². The molecule has 0 fully saturated rings. The van der Waals surface area contributed by atoms with Crippen molar-refractivity contribution in [2.45, 2.75) is 40.2 Å². The Balaban J connectivity index is 0.00000420. The predicted molar refractivity (Wildman–Crippen MR) is 140 cm³/mol. The average molecular weight is 585 g/mol. The number of fused-ring (bicyclic) bond motifs is 2. The maximum Gasteiger partial charge on any atom is 1.00 e. The van der Waals surface area contributed by atoms with Gasteiger partial charge < -0.3 is 23.2 Å². The largest absolute Gasteiger partial charge is 1.00 e. The van der Waals surface area contributed by atoms with Crippen LogP contribution >= 0.6 is 0 Å². The number of nitrogens with zero attached hydrogens (tertiary/aromatic N) is 2. The molecule has 2 heterocycles. The first-order valence-corrected chi connectivity index (χ1v) is 15.2. The molecule has 0 atom stereocenters. The Morgan fingerprint density at radius 2 is 1.62 bits per heavy atom. The molecular formula is C26H29N2NaO8S2. The van der Waals surface area contributed by atoms with E-state index in [1.165, 1.54) is 0 Å². The van der Waals surface area contributed by atoms with Crippen LogP contribution < -0.4 is 43.8 Å². The second-order valence-corrected chi connectivity index (χ2v) is 12.4. The number of allylic oxidation sites excluding steroid dienone is 2. The zero-order valence-electron chi connectivity index (χ0n) is 22.3. The minimum atomic E-state index is -4.34. The normalized spacial score (nSPS) is 14.9. The SMILES string of the molecule is CC(=Cc1oc2ccc(C)cc2[n+]1CCCS(=O)(=O)[O-])C=C1Oc2ccc(C)cc2N1CCCS(=O)(=O)[O-].[Na+]. The zero-order valence-corrected chi connectivity index (χ0v) is 26.0. The van der Waals surface area contributed by atoms with Gasteiger partial charge in [-0.05, 0) is 62.1 Å². The van der Waals surface area contributed by atoms with E-state index >= 15 is 0 Å². The van der Waals surface area contributed by atoms with Gasteiger partial charge in [0.2, 0.25) is 11.5 Å². The van der Waals surface area contributed by atoms with Gasteiger partial charge in [0.25, 0.3) is 5.52 Å². The molecule has 204 valence electrons. The van der Waals surface area contributed by atoms with E-state index in [0.29, 0.717) is 23.1 Å². The molecule has 3 aromatic rings. The molecular weight excluding hydrogens is 555 g/mol. The summed E-state index contributed by atoms with van der Waals surface area (Å²) in [5.41, 5.74) is 4.92. The summed E-state index contributed by atoms with van der Waals surface area (Å²) in [5.74, 6) is 0.596. The number of benzene rings is 2. The number of anilines is 1. The maximum atomic E-state index is 11.1. The van der Waals surface area contributed by atoms with E-state index in [2.05, 4.69) is 0 Å². The Bertz CT molecular complexity index is 1640. The molecule has 0 bridgehead atoms. The van der Waals surface area contributed by atoms with Gasteiger partial charge in [-0.1, -0.05) is 12.1 Å². The van der Waals surface area contributed by atoms with E-state index in [9.17, 15) is 25.9 Å². The topological polar surface area (TPSA) is 144 Å². The summed E-state index contributed by atoms with van der Waals surface area (Å²) in [4.78, 5) is 1.83. The van der Waals surface area contributed by atoms with Crippen molar-refractivity contribution in [1.29, 1.82) is 0 Å². The van der Waals surface area contributed by atoms with Crippen LogP contribution in [-0.2, 0) is 26.8 Å². The van der Waals surface area contributed by atoms with Crippen LogP contribution in [0.1, 0.15) is 36.8 Å². The van der Waals surface area contributed by atoms with E-state index in [1.54, 1.807) is 12.2 Å². The Labute approximate surface area is 250 Å². The molecule has 0 N–H and O–H groups in total. The molecule has 1 aromatic heterocycles. The third-order valence-electron chi connectivity index (χ3n) is 6.03. The van der Waals surface area contributed by atoms with Crippen LogP contribution in [0.3, 0.4) is 0 Å². The first-order valence-electron chi connectivity index (χ1n) is 12.1. The molecule has 4 rings (SSSR count). The van der Waals surface area contributed by atoms with Gasteiger partial charge in [-0.2, -0.15) is 4.57 Å². The zero-order chi connectivity index (χ0) is 27.7. The molecule has 0 unspecified atom stereocenters. The molecule has 0 spiro atoms. The van der Waals surface area contributed by atoms with Gasteiger partial charge in [-0.15, -0.1) is 0 Å². The fourth-order valence-corrected chi connectivity index (χ4v) is 5.29. The van der Waals surface area contributed by atoms with E-state index in [-0.39, 0.29) is 55.5 Å². The van der Waals surface area contributed by atoms with Gasteiger partial charge in [0.15, 0.2) is 12.3 Å². The fraction of sp³-hybridized carbons (Fsp3) is 0.346. The van der Waals surface area contributed by atoms with Crippen molar-refractivity contribution in [3.63, 3.8) is 0 Å². The molecule has 39 heavy (non-hydrogen) atoms. The van der Waals surface area contributed by atoms with Gasteiger partial charge >= 0.3 is 35.4 Å². The maximum absolute atomic E-state index is 11.1. The fourth-order valence-electron chi connectivity index (χ4n) is 4.33. The summed E-state index contributed by atoms with van der Waals surface area (Å²) in [6.07, 6.45) is 3.83. The summed E-state index contributed by atoms with van der Waals surface area (Å²) >= 11 is 0. The van der Waals surface area contributed by atoms with Crippen LogP contribution in [0.2, 0.25) is 0 Å². The number of hydrogen-bond donors (Lipinski definition) is 0. The van der Waals surface area contributed by atoms with Crippen LogP contribution in [0, 0.1) is 13.8 Å². The van der Waals surface area contributed by atoms with Crippen molar-refractivity contribution in [3.8, 4) is 5.75 Å². The molecule has 0 aliphatic carbocycles. The number of rotatable bonds is 10. The number of aryl methyl sites for hydroxylation is 3. The second kappa shape index (κ2) is 12.5. The Morgan fingerprint density at radius 1 is 0.974 bits per heavy atom. The average Bonchev–Trinajstić information content (AvgIpc) is 3.29. The van der Waals surface area contributed by atoms with Crippen molar-refractivity contribution in [3.05, 3.63) is 70.9 Å². The van der Waals surface area contributed by atoms with Gasteiger partial charge in [0, 0.05) is 36.6 Å². The Kier molecular flexibility index (Phi) is 10.1. The standard InChI is InChI=1S/C26H30N2O8S2.Na/c1-18-6-8-23-21(14-18)27(10-4-12-37(29,30)31)25(35-23)16-20(3)17-26-28(11-5-13-38(32,33)34)22-15-19(2)7-9-24(22)36-26;/h6-9,14-17H,4-5,10-13H2,1-3H3,(H-,29,30,31,32,33,34);/q;+1/p-1. The van der Waals surface area contributed by atoms with Gasteiger partial charge in [0.05, 0.1) is 32.0 Å². The van der Waals surface area contributed by atoms with Crippen molar-refractivity contribution < 1.29 is 69.2 Å². The molecule has 2 aromatic carbocycles. The Hall–Kier alpha value is -2.19. The second-order valence-electron chi connectivity index (χ2n) is 9.39. The molecule has 1 aliphatic rings. The predicted octanol–water partition coefficient (Wildman–Crippen LogP) is 0.355. The van der Waals surface area contributed by atoms with Crippen LogP contribution in [0.25, 0.3) is 17.2 Å². The van der Waals surface area contributed by atoms with E-state index in [4.69, 9.17) is 9.15 Å². The summed E-state index contributed by atoms with van der Waals surface area (Å²) in [6, 6.07) is 11.3. The van der Waals surface area contributed by atoms with Crippen molar-refractivity contribution in [2.24, 2.45) is 0 Å². The summed E-state index contributed by atoms with van der Waals surface area (Å²) in [5, 5.41) is 0. The number of hydrogen-bond acceptors (Lipinski definition) is 9. The van der Waals surface area contributed by atoms with Crippen LogP contribution in [0.15, 0.2) is 58.3 Å². The molecule has 0 radical (unpaired) electrons. The summed E-state index contributed by atoms with van der Waals surface area (Å²) < 4.78 is 80.7. The quantitative estimate of drug-likeness (QED) is 0.187. The summed E-state index contributed by atoms with van der Waals surface area (Å²) in [7, 11) is -8.68. The summed E-state index contributed by atoms with van der Waals surface area (Å²) in [6.45, 7) is 6.26. The Morgan fingerprint density at radius 3 is 2.31 bits per heavy atom. The monoisotopic (exact) mass is 584 g/mol. The minimum absolute atomic E-state index is 0. The van der Waals surface area contributed by atoms with Gasteiger partial charge in [-0.25, -0.2) is 16.8 Å². The van der Waals surface area contributed by atoms with Crippen molar-refractivity contribution in [2.75, 3.05) is 23.0 Å². The molecule has 10 nitrogen and oxygen atoms in total. The molecule has 0 amide bonds. The molecule has 13 heteroatoms. The third kappa shape index (κ3) is 8.40. The van der Waals surface area contributed by atoms with Gasteiger partial charge in [-0.3, -0.25) is 0 Å². The molecule has 0 saturated carbocycles. The minimum Gasteiger partial charge on any atom is -0.748 e. The van der Waals surface area contributed by atoms with E-state index < -0.39 is 31.7 Å². The number of aromatic nitrogens is 1. The van der Waals surface area contributed by atoms with Crippen molar-refractivity contribution >= 4 is 43.1 Å². The first-order chi connectivity index (χ1) is 17.8. The van der Waals surface area contributed by atoms with Gasteiger partial charge in [0.1, 0.15) is 0 Å². The van der Waals surface area contributed by atoms with E-state index in [0.717, 1.165) is 27.9 Å². The number of ether oxygens (including phenoxy) is 1. The number of oxazole rings is 1. The van der Waals surface area contributed by atoms with Crippen LogP contribution in [-0.4, -0.2) is 44.0 Å². The smallest absolute Gasteiger partial charge is 0.748 e. The third-order valence-corrected chi connectivity index (χ3v) is 7.60. The molecule has 0 saturated heterocycles. The first kappa shape index (κ1) is 31.3. The molecule has 1 aliphatic heterocycles. The van der Waals surface area contributed by atoms with Crippen LogP contribution in [0.4, 0.5) is 5.69 Å². The van der Waals surface area contributed by atoms with Crippen LogP contribution in [0.5, 0.6) is 5.75 Å².